The van der Waals surface area contributed by atoms with E-state index in [0.717, 1.165) is 19.8 Å². The van der Waals surface area contributed by atoms with Gasteiger partial charge in [0.1, 0.15) is 6.10 Å². The molecule has 1 aromatic carbocycles. The van der Waals surface area contributed by atoms with Crippen molar-refractivity contribution < 1.29 is 48.3 Å². The third-order valence-corrected chi connectivity index (χ3v) is 5.84. The highest BCUT2D eigenvalue weighted by Gasteiger charge is 2.60. The van der Waals surface area contributed by atoms with Gasteiger partial charge in [0.05, 0.1) is 19.8 Å². The third-order valence-electron chi connectivity index (χ3n) is 5.84. The Balaban J connectivity index is 1.99. The lowest BCUT2D eigenvalue weighted by molar-refractivity contribution is -0.202. The summed E-state index contributed by atoms with van der Waals surface area (Å²) in [6, 6.07) is 8.67. The molecule has 1 aliphatic heterocycles. The molecule has 1 unspecified atom stereocenters. The Morgan fingerprint density at radius 2 is 1.69 bits per heavy atom. The van der Waals surface area contributed by atoms with Crippen LogP contribution in [0.25, 0.3) is 0 Å². The number of hydrogen-bond acceptors (Lipinski definition) is 10. The number of ether oxygens (including phenoxy) is 5. The number of carbonyl (C=O) groups excluding carboxylic acids is 3. The van der Waals surface area contributed by atoms with Gasteiger partial charge in [-0.2, -0.15) is 0 Å². The minimum Gasteiger partial charge on any atom is -0.463 e. The molecule has 1 aromatic rings. The summed E-state index contributed by atoms with van der Waals surface area (Å²) in [6.07, 6.45) is -3.31. The van der Waals surface area contributed by atoms with E-state index in [-0.39, 0.29) is 25.6 Å². The summed E-state index contributed by atoms with van der Waals surface area (Å²) in [7, 11) is 0. The van der Waals surface area contributed by atoms with E-state index >= 15 is 0 Å². The fourth-order valence-electron chi connectivity index (χ4n) is 3.89. The molecule has 0 amide bonds. The van der Waals surface area contributed by atoms with E-state index in [9.17, 15) is 24.6 Å². The van der Waals surface area contributed by atoms with Crippen LogP contribution in [0.5, 0.6) is 0 Å². The van der Waals surface area contributed by atoms with Gasteiger partial charge in [0, 0.05) is 19.3 Å². The van der Waals surface area contributed by atoms with Crippen molar-refractivity contribution in [2.24, 2.45) is 5.92 Å². The van der Waals surface area contributed by atoms with E-state index in [1.165, 1.54) is 0 Å². The van der Waals surface area contributed by atoms with Gasteiger partial charge in [-0.3, -0.25) is 4.79 Å². The first kappa shape index (κ1) is 27.6. The molecular weight excluding hydrogens is 472 g/mol. The van der Waals surface area contributed by atoms with Crippen molar-refractivity contribution in [1.82, 2.24) is 0 Å². The zero-order valence-electron chi connectivity index (χ0n) is 20.6. The first-order valence-electron chi connectivity index (χ1n) is 11.9. The fourth-order valence-corrected chi connectivity index (χ4v) is 3.89. The van der Waals surface area contributed by atoms with Crippen LogP contribution in [-0.2, 0) is 44.5 Å². The van der Waals surface area contributed by atoms with Crippen LogP contribution in [0.2, 0.25) is 0 Å². The maximum Gasteiger partial charge on any atom is 0.350 e. The van der Waals surface area contributed by atoms with Gasteiger partial charge in [-0.15, -0.1) is 0 Å². The van der Waals surface area contributed by atoms with E-state index in [0.29, 0.717) is 5.56 Å². The molecule has 3 rings (SSSR count). The maximum atomic E-state index is 13.2. The van der Waals surface area contributed by atoms with Crippen LogP contribution < -0.4 is 0 Å². The van der Waals surface area contributed by atoms with Crippen LogP contribution in [0.1, 0.15) is 39.2 Å². The van der Waals surface area contributed by atoms with E-state index < -0.39 is 54.2 Å². The Kier molecular flexibility index (Phi) is 9.08. The predicted molar refractivity (Wildman–Crippen MR) is 124 cm³/mol. The molecule has 10 nitrogen and oxygen atoms in total. The van der Waals surface area contributed by atoms with Gasteiger partial charge in [-0.05, 0) is 38.2 Å². The molecule has 0 bridgehead atoms. The maximum absolute atomic E-state index is 13.2. The van der Waals surface area contributed by atoms with Crippen molar-refractivity contribution in [1.29, 1.82) is 0 Å². The van der Waals surface area contributed by atoms with Gasteiger partial charge >= 0.3 is 17.9 Å². The van der Waals surface area contributed by atoms with Gasteiger partial charge in [0.25, 0.3) is 5.60 Å². The standard InChI is InChI=1S/C26H32O10/c1-4-32-23(30)26(24(31)33-5-2,15-19-9-7-6-8-10-19)34-16-20-25(36-17(3)27,14-13-18-11-12-18)21(28)22(29)35-20/h6-10,18,20-22,28-29H,4-5,11-12,15-16H2,1-3H3/t20-,21+,22?,25-/m1/s1. The Morgan fingerprint density at radius 1 is 1.08 bits per heavy atom. The molecule has 1 aliphatic carbocycles. The van der Waals surface area contributed by atoms with Gasteiger partial charge in [0.2, 0.25) is 5.60 Å². The lowest BCUT2D eigenvalue weighted by atomic mass is 9.91. The van der Waals surface area contributed by atoms with Gasteiger partial charge in [-0.25, -0.2) is 9.59 Å². The minimum atomic E-state index is -2.24. The molecule has 1 saturated carbocycles. The average molecular weight is 505 g/mol. The highest BCUT2D eigenvalue weighted by molar-refractivity contribution is 6.04. The summed E-state index contributed by atoms with van der Waals surface area (Å²) in [5.74, 6) is 3.05. The average Bonchev–Trinajstić information content (AvgIpc) is 3.64. The quantitative estimate of drug-likeness (QED) is 0.205. The zero-order chi connectivity index (χ0) is 26.3. The molecule has 4 atom stereocenters. The first-order chi connectivity index (χ1) is 17.2. The normalized spacial score (nSPS) is 25.4. The second kappa shape index (κ2) is 11.8. The second-order valence-corrected chi connectivity index (χ2v) is 8.63. The lowest BCUT2D eigenvalue weighted by Gasteiger charge is -2.34. The highest BCUT2D eigenvalue weighted by atomic mass is 16.7. The van der Waals surface area contributed by atoms with Crippen molar-refractivity contribution in [2.45, 2.75) is 69.7 Å². The summed E-state index contributed by atoms with van der Waals surface area (Å²) >= 11 is 0. The zero-order valence-corrected chi connectivity index (χ0v) is 20.6. The van der Waals surface area contributed by atoms with Crippen LogP contribution in [-0.4, -0.2) is 77.6 Å². The van der Waals surface area contributed by atoms with E-state index in [1.807, 2.05) is 0 Å². The van der Waals surface area contributed by atoms with E-state index in [4.69, 9.17) is 23.7 Å². The highest BCUT2D eigenvalue weighted by Crippen LogP contribution is 2.37. The summed E-state index contributed by atoms with van der Waals surface area (Å²) in [5.41, 5.74) is -3.62. The first-order valence-corrected chi connectivity index (χ1v) is 11.9. The smallest absolute Gasteiger partial charge is 0.350 e. The minimum absolute atomic E-state index is 0.0280. The molecule has 0 spiro atoms. The van der Waals surface area contributed by atoms with Crippen LogP contribution in [0.4, 0.5) is 0 Å². The molecule has 36 heavy (non-hydrogen) atoms. The number of aliphatic hydroxyl groups is 2. The molecule has 0 aromatic heterocycles. The van der Waals surface area contributed by atoms with Crippen molar-refractivity contribution >= 4 is 17.9 Å². The van der Waals surface area contributed by atoms with Gasteiger partial charge in [0.15, 0.2) is 12.4 Å². The van der Waals surface area contributed by atoms with Gasteiger partial charge < -0.3 is 33.9 Å². The van der Waals surface area contributed by atoms with Crippen molar-refractivity contribution in [3.63, 3.8) is 0 Å². The molecule has 196 valence electrons. The van der Waals surface area contributed by atoms with Crippen LogP contribution in [0, 0.1) is 17.8 Å². The molecule has 2 N–H and O–H groups in total. The number of aliphatic hydroxyl groups excluding tert-OH is 2. The fraction of sp³-hybridized carbons (Fsp3) is 0.577. The summed E-state index contributed by atoms with van der Waals surface area (Å²) in [5, 5.41) is 21.0. The Labute approximate surface area is 209 Å². The monoisotopic (exact) mass is 504 g/mol. The molecule has 1 saturated heterocycles. The SMILES string of the molecule is CCOC(=O)C(Cc1ccccc1)(OC[C@H]1OC(O)[C@H](O)[C@]1(C#CC1CC1)OC(C)=O)C(=O)OCC. The van der Waals surface area contributed by atoms with Crippen LogP contribution >= 0.6 is 0 Å². The summed E-state index contributed by atoms with van der Waals surface area (Å²) < 4.78 is 27.2. The topological polar surface area (TPSA) is 138 Å². The van der Waals surface area contributed by atoms with E-state index in [1.54, 1.807) is 44.2 Å². The van der Waals surface area contributed by atoms with Gasteiger partial charge in [-0.1, -0.05) is 36.3 Å². The number of carbonyl (C=O) groups is 3. The Hall–Kier alpha value is -2.97. The van der Waals surface area contributed by atoms with Crippen molar-refractivity contribution in [3.05, 3.63) is 35.9 Å². The lowest BCUT2D eigenvalue weighted by Crippen LogP contribution is -2.57. The number of esters is 3. The largest absolute Gasteiger partial charge is 0.463 e. The molecular formula is C26H32O10. The molecule has 10 heteroatoms. The van der Waals surface area contributed by atoms with Crippen LogP contribution in [0.3, 0.4) is 0 Å². The van der Waals surface area contributed by atoms with Crippen LogP contribution in [0.15, 0.2) is 30.3 Å². The molecule has 2 aliphatic rings. The second-order valence-electron chi connectivity index (χ2n) is 8.63. The predicted octanol–water partition coefficient (Wildman–Crippen LogP) is 0.904. The number of hydrogen-bond donors (Lipinski definition) is 2. The number of rotatable bonds is 10. The Morgan fingerprint density at radius 3 is 2.22 bits per heavy atom. The van der Waals surface area contributed by atoms with Crippen molar-refractivity contribution in [3.8, 4) is 11.8 Å². The Bertz CT molecular complexity index is 975. The summed E-state index contributed by atoms with van der Waals surface area (Å²) in [4.78, 5) is 38.3. The third kappa shape index (κ3) is 6.05. The summed E-state index contributed by atoms with van der Waals surface area (Å²) in [6.45, 7) is 3.68. The molecule has 0 radical (unpaired) electrons. The van der Waals surface area contributed by atoms with E-state index in [2.05, 4.69) is 11.8 Å². The molecule has 1 heterocycles. The van der Waals surface area contributed by atoms with Crippen molar-refractivity contribution in [2.75, 3.05) is 19.8 Å². The number of benzene rings is 1. The molecule has 2 fully saturated rings.